The molecule has 0 aromatic heterocycles. The van der Waals surface area contributed by atoms with Crippen molar-refractivity contribution in [3.63, 3.8) is 0 Å². The number of piperidine rings is 1. The minimum atomic E-state index is -0.561. The van der Waals surface area contributed by atoms with E-state index in [9.17, 15) is 9.59 Å². The zero-order chi connectivity index (χ0) is 15.3. The van der Waals surface area contributed by atoms with Crippen molar-refractivity contribution in [3.05, 3.63) is 0 Å². The molecule has 2 amide bonds. The molecule has 116 valence electrons. The van der Waals surface area contributed by atoms with E-state index in [-0.39, 0.29) is 30.3 Å². The Morgan fingerprint density at radius 1 is 1.45 bits per heavy atom. The van der Waals surface area contributed by atoms with Gasteiger partial charge in [0.05, 0.1) is 12.6 Å². The monoisotopic (exact) mass is 284 g/mol. The second-order valence-corrected chi connectivity index (χ2v) is 6.05. The number of likely N-dealkylation sites (N-methyl/N-ethyl adjacent to an activating group) is 2. The predicted molar refractivity (Wildman–Crippen MR) is 79.1 cm³/mol. The van der Waals surface area contributed by atoms with Crippen LogP contribution < -0.4 is 11.1 Å². The number of amides is 2. The van der Waals surface area contributed by atoms with Gasteiger partial charge in [-0.1, -0.05) is 13.8 Å². The highest BCUT2D eigenvalue weighted by molar-refractivity contribution is 5.87. The van der Waals surface area contributed by atoms with Gasteiger partial charge in [0, 0.05) is 19.6 Å². The summed E-state index contributed by atoms with van der Waals surface area (Å²) in [5.41, 5.74) is 5.74. The smallest absolute Gasteiger partial charge is 0.242 e. The van der Waals surface area contributed by atoms with E-state index in [0.717, 1.165) is 25.9 Å². The summed E-state index contributed by atoms with van der Waals surface area (Å²) < 4.78 is 0. The average Bonchev–Trinajstić information content (AvgIpc) is 2.42. The van der Waals surface area contributed by atoms with Crippen LogP contribution in [0.5, 0.6) is 0 Å². The number of hydrogen-bond donors (Lipinski definition) is 2. The highest BCUT2D eigenvalue weighted by Crippen LogP contribution is 2.13. The van der Waals surface area contributed by atoms with E-state index in [1.807, 2.05) is 13.8 Å². The first-order chi connectivity index (χ1) is 9.32. The van der Waals surface area contributed by atoms with Gasteiger partial charge in [-0.3, -0.25) is 9.59 Å². The molecule has 20 heavy (non-hydrogen) atoms. The van der Waals surface area contributed by atoms with E-state index in [4.69, 9.17) is 5.73 Å². The fourth-order valence-corrected chi connectivity index (χ4v) is 2.37. The Morgan fingerprint density at radius 2 is 2.10 bits per heavy atom. The summed E-state index contributed by atoms with van der Waals surface area (Å²) in [6, 6.07) is -0.328. The second kappa shape index (κ2) is 7.59. The van der Waals surface area contributed by atoms with Crippen LogP contribution in [0, 0.1) is 5.92 Å². The third-order valence-corrected chi connectivity index (χ3v) is 3.98. The lowest BCUT2D eigenvalue weighted by Gasteiger charge is -2.36. The number of carbonyl (C=O) groups is 2. The van der Waals surface area contributed by atoms with Gasteiger partial charge in [0.1, 0.15) is 0 Å². The maximum absolute atomic E-state index is 12.1. The van der Waals surface area contributed by atoms with Crippen LogP contribution >= 0.6 is 0 Å². The van der Waals surface area contributed by atoms with E-state index in [2.05, 4.69) is 17.3 Å². The lowest BCUT2D eigenvalue weighted by atomic mass is 10.0. The molecular weight excluding hydrogens is 256 g/mol. The lowest BCUT2D eigenvalue weighted by Crippen LogP contribution is -2.51. The maximum atomic E-state index is 12.1. The molecule has 2 atom stereocenters. The van der Waals surface area contributed by atoms with Crippen molar-refractivity contribution in [2.24, 2.45) is 11.7 Å². The van der Waals surface area contributed by atoms with Gasteiger partial charge in [0.2, 0.25) is 11.8 Å². The average molecular weight is 284 g/mol. The third-order valence-electron chi connectivity index (χ3n) is 3.98. The number of likely N-dealkylation sites (tertiary alicyclic amines) is 1. The van der Waals surface area contributed by atoms with Crippen LogP contribution in [-0.4, -0.2) is 67.4 Å². The minimum Gasteiger partial charge on any atom is -0.346 e. The molecule has 0 aromatic carbocycles. The van der Waals surface area contributed by atoms with Gasteiger partial charge in [-0.25, -0.2) is 0 Å². The molecule has 0 radical (unpaired) electrons. The van der Waals surface area contributed by atoms with Crippen molar-refractivity contribution in [2.75, 3.05) is 33.7 Å². The minimum absolute atomic E-state index is 0.0238. The van der Waals surface area contributed by atoms with Crippen molar-refractivity contribution in [3.8, 4) is 0 Å². The van der Waals surface area contributed by atoms with Gasteiger partial charge in [-0.2, -0.15) is 0 Å². The fourth-order valence-electron chi connectivity index (χ4n) is 2.37. The normalized spacial score (nSPS) is 21.6. The van der Waals surface area contributed by atoms with Crippen LogP contribution in [0.4, 0.5) is 0 Å². The molecule has 0 bridgehead atoms. The largest absolute Gasteiger partial charge is 0.346 e. The lowest BCUT2D eigenvalue weighted by molar-refractivity contribution is -0.134. The summed E-state index contributed by atoms with van der Waals surface area (Å²) in [6.07, 6.45) is 2.12. The van der Waals surface area contributed by atoms with Gasteiger partial charge in [0.15, 0.2) is 0 Å². The third kappa shape index (κ3) is 4.76. The van der Waals surface area contributed by atoms with Crippen molar-refractivity contribution in [1.82, 2.24) is 15.1 Å². The molecule has 1 rings (SSSR count). The van der Waals surface area contributed by atoms with Crippen LogP contribution in [0.15, 0.2) is 0 Å². The highest BCUT2D eigenvalue weighted by Gasteiger charge is 2.25. The van der Waals surface area contributed by atoms with E-state index in [1.165, 1.54) is 0 Å². The summed E-state index contributed by atoms with van der Waals surface area (Å²) >= 11 is 0. The fraction of sp³-hybridized carbons (Fsp3) is 0.857. The Morgan fingerprint density at radius 3 is 2.65 bits per heavy atom. The summed E-state index contributed by atoms with van der Waals surface area (Å²) in [5, 5.41) is 2.63. The summed E-state index contributed by atoms with van der Waals surface area (Å²) in [7, 11) is 3.87. The Hall–Kier alpha value is -1.14. The molecule has 0 spiro atoms. The molecule has 3 N–H and O–H groups in total. The molecule has 1 aliphatic rings. The number of nitrogens with two attached hydrogens (primary N) is 1. The van der Waals surface area contributed by atoms with Crippen molar-refractivity contribution in [1.29, 1.82) is 0 Å². The molecule has 1 unspecified atom stereocenters. The number of rotatable bonds is 5. The summed E-state index contributed by atoms with van der Waals surface area (Å²) in [5.74, 6) is -0.257. The van der Waals surface area contributed by atoms with E-state index < -0.39 is 6.04 Å². The van der Waals surface area contributed by atoms with Crippen LogP contribution in [0.3, 0.4) is 0 Å². The van der Waals surface area contributed by atoms with Gasteiger partial charge < -0.3 is 20.9 Å². The standard InChI is InChI=1S/C14H28N4O2/c1-10(2)13(15)14(20)16-8-12(19)18(4)11-6-5-7-17(3)9-11/h10-11,13H,5-9,15H2,1-4H3,(H,16,20)/t11?,13-/m0/s1. The molecule has 6 heteroatoms. The SMILES string of the molecule is CC(C)[C@H](N)C(=O)NCC(=O)N(C)C1CCCN(C)C1. The van der Waals surface area contributed by atoms with Gasteiger partial charge in [-0.05, 0) is 32.4 Å². The Kier molecular flexibility index (Phi) is 6.42. The summed E-state index contributed by atoms with van der Waals surface area (Å²) in [4.78, 5) is 27.8. The molecule has 1 fully saturated rings. The van der Waals surface area contributed by atoms with E-state index in [1.54, 1.807) is 11.9 Å². The van der Waals surface area contributed by atoms with E-state index in [0.29, 0.717) is 0 Å². The molecule has 1 heterocycles. The zero-order valence-corrected chi connectivity index (χ0v) is 13.1. The molecule has 0 aliphatic carbocycles. The molecule has 6 nitrogen and oxygen atoms in total. The Labute approximate surface area is 121 Å². The van der Waals surface area contributed by atoms with Crippen molar-refractivity contribution < 1.29 is 9.59 Å². The Bertz CT molecular complexity index is 346. The van der Waals surface area contributed by atoms with E-state index >= 15 is 0 Å². The molecule has 0 saturated carbocycles. The number of nitrogens with zero attached hydrogens (tertiary/aromatic N) is 2. The maximum Gasteiger partial charge on any atom is 0.242 e. The number of hydrogen-bond acceptors (Lipinski definition) is 4. The predicted octanol–water partition coefficient (Wildman–Crippen LogP) is -0.361. The first kappa shape index (κ1) is 16.9. The topological polar surface area (TPSA) is 78.7 Å². The molecular formula is C14H28N4O2. The van der Waals surface area contributed by atoms with Crippen LogP contribution in [0.1, 0.15) is 26.7 Å². The summed E-state index contributed by atoms with van der Waals surface area (Å²) in [6.45, 7) is 5.77. The van der Waals surface area contributed by atoms with Crippen molar-refractivity contribution in [2.45, 2.75) is 38.8 Å². The van der Waals surface area contributed by atoms with Gasteiger partial charge in [-0.15, -0.1) is 0 Å². The first-order valence-electron chi connectivity index (χ1n) is 7.30. The Balaban J connectivity index is 2.40. The van der Waals surface area contributed by atoms with Gasteiger partial charge in [0.25, 0.3) is 0 Å². The van der Waals surface area contributed by atoms with Crippen LogP contribution in [-0.2, 0) is 9.59 Å². The van der Waals surface area contributed by atoms with Crippen LogP contribution in [0.25, 0.3) is 0 Å². The van der Waals surface area contributed by atoms with Gasteiger partial charge >= 0.3 is 0 Å². The molecule has 0 aromatic rings. The number of carbonyl (C=O) groups excluding carboxylic acids is 2. The quantitative estimate of drug-likeness (QED) is 0.722. The highest BCUT2D eigenvalue weighted by atomic mass is 16.2. The molecule has 1 aliphatic heterocycles. The first-order valence-corrected chi connectivity index (χ1v) is 7.30. The zero-order valence-electron chi connectivity index (χ0n) is 13.1. The molecule has 1 saturated heterocycles. The number of nitrogens with one attached hydrogen (secondary N) is 1. The van der Waals surface area contributed by atoms with Crippen molar-refractivity contribution >= 4 is 11.8 Å². The van der Waals surface area contributed by atoms with Crippen LogP contribution in [0.2, 0.25) is 0 Å². The second-order valence-electron chi connectivity index (χ2n) is 6.05.